The van der Waals surface area contributed by atoms with Crippen LogP contribution in [0.5, 0.6) is 11.5 Å². The maximum atomic E-state index is 11.4. The van der Waals surface area contributed by atoms with Crippen LogP contribution in [0.2, 0.25) is 0 Å². The number of rotatable bonds is 4. The highest BCUT2D eigenvalue weighted by atomic mass is 16.6. The second-order valence-electron chi connectivity index (χ2n) is 4.35. The lowest BCUT2D eigenvalue weighted by atomic mass is 10.2. The van der Waals surface area contributed by atoms with E-state index >= 15 is 0 Å². The Labute approximate surface area is 121 Å². The molecule has 0 aliphatic carbocycles. The molecule has 0 amide bonds. The summed E-state index contributed by atoms with van der Waals surface area (Å²) in [5, 5.41) is 11.1. The van der Waals surface area contributed by atoms with E-state index in [2.05, 4.69) is 4.74 Å². The molecule has 0 radical (unpaired) electrons. The highest BCUT2D eigenvalue weighted by molar-refractivity contribution is 5.90. The van der Waals surface area contributed by atoms with Crippen LogP contribution in [0, 0.1) is 17.0 Å². The Morgan fingerprint density at radius 3 is 2.57 bits per heavy atom. The summed E-state index contributed by atoms with van der Waals surface area (Å²) in [6.45, 7) is 1.89. The molecule has 0 unspecified atom stereocenters. The molecule has 0 fully saturated rings. The average molecular weight is 287 g/mol. The third kappa shape index (κ3) is 3.36. The molecular weight excluding hydrogens is 274 g/mol. The zero-order chi connectivity index (χ0) is 15.4. The highest BCUT2D eigenvalue weighted by Crippen LogP contribution is 2.32. The summed E-state index contributed by atoms with van der Waals surface area (Å²) in [5.74, 6) is -0.0811. The molecular formula is C15H13NO5. The van der Waals surface area contributed by atoms with E-state index < -0.39 is 10.9 Å². The van der Waals surface area contributed by atoms with Crippen LogP contribution in [0.25, 0.3) is 0 Å². The molecule has 21 heavy (non-hydrogen) atoms. The quantitative estimate of drug-likeness (QED) is 0.488. The fourth-order valence-corrected chi connectivity index (χ4v) is 1.80. The fourth-order valence-electron chi connectivity index (χ4n) is 1.80. The van der Waals surface area contributed by atoms with Crippen molar-refractivity contribution in [3.05, 3.63) is 63.7 Å². The van der Waals surface area contributed by atoms with Crippen LogP contribution >= 0.6 is 0 Å². The van der Waals surface area contributed by atoms with Crippen molar-refractivity contribution in [1.82, 2.24) is 0 Å². The molecule has 0 atom stereocenters. The van der Waals surface area contributed by atoms with Gasteiger partial charge in [-0.15, -0.1) is 0 Å². The summed E-state index contributed by atoms with van der Waals surface area (Å²) in [6.07, 6.45) is 0. The summed E-state index contributed by atoms with van der Waals surface area (Å²) >= 11 is 0. The van der Waals surface area contributed by atoms with Crippen LogP contribution in [0.1, 0.15) is 15.9 Å². The van der Waals surface area contributed by atoms with Crippen LogP contribution in [-0.2, 0) is 4.74 Å². The van der Waals surface area contributed by atoms with Crippen molar-refractivity contribution in [2.75, 3.05) is 7.11 Å². The number of nitro benzene ring substituents is 1. The summed E-state index contributed by atoms with van der Waals surface area (Å²) in [6, 6.07) is 11.1. The van der Waals surface area contributed by atoms with E-state index in [0.717, 1.165) is 11.6 Å². The van der Waals surface area contributed by atoms with Crippen molar-refractivity contribution < 1.29 is 19.2 Å². The first-order valence-electron chi connectivity index (χ1n) is 6.12. The topological polar surface area (TPSA) is 78.7 Å². The van der Waals surface area contributed by atoms with Gasteiger partial charge in [0, 0.05) is 6.07 Å². The van der Waals surface area contributed by atoms with E-state index in [1.54, 1.807) is 18.2 Å². The van der Waals surface area contributed by atoms with Crippen LogP contribution in [0.15, 0.2) is 42.5 Å². The molecule has 2 aromatic rings. The van der Waals surface area contributed by atoms with Crippen molar-refractivity contribution in [2.45, 2.75) is 6.92 Å². The molecule has 2 rings (SSSR count). The van der Waals surface area contributed by atoms with Gasteiger partial charge in [0.25, 0.3) is 0 Å². The highest BCUT2D eigenvalue weighted by Gasteiger charge is 2.19. The molecule has 0 heterocycles. The fraction of sp³-hybridized carbons (Fsp3) is 0.133. The van der Waals surface area contributed by atoms with Crippen molar-refractivity contribution in [3.63, 3.8) is 0 Å². The first-order chi connectivity index (χ1) is 10.0. The minimum Gasteiger partial charge on any atom is -0.465 e. The molecule has 0 saturated heterocycles. The number of carbonyl (C=O) groups is 1. The number of carbonyl (C=O) groups excluding carboxylic acids is 1. The summed E-state index contributed by atoms with van der Waals surface area (Å²) in [7, 11) is 1.21. The summed E-state index contributed by atoms with van der Waals surface area (Å²) < 4.78 is 10.1. The Bertz CT molecular complexity index is 696. The minimum absolute atomic E-state index is 0.0678. The van der Waals surface area contributed by atoms with Crippen LogP contribution in [0.4, 0.5) is 5.69 Å². The largest absolute Gasteiger partial charge is 0.465 e. The summed E-state index contributed by atoms with van der Waals surface area (Å²) in [5.41, 5.74) is 0.779. The van der Waals surface area contributed by atoms with E-state index in [0.29, 0.717) is 5.75 Å². The second-order valence-corrected chi connectivity index (χ2v) is 4.35. The Morgan fingerprint density at radius 1 is 1.19 bits per heavy atom. The van der Waals surface area contributed by atoms with E-state index in [4.69, 9.17) is 4.74 Å². The number of nitrogens with zero attached hydrogens (tertiary/aromatic N) is 1. The van der Waals surface area contributed by atoms with E-state index in [1.165, 1.54) is 19.2 Å². The first-order valence-corrected chi connectivity index (χ1v) is 6.12. The third-order valence-electron chi connectivity index (χ3n) is 2.79. The van der Waals surface area contributed by atoms with Crippen molar-refractivity contribution in [3.8, 4) is 11.5 Å². The van der Waals surface area contributed by atoms with Gasteiger partial charge in [0.1, 0.15) is 5.75 Å². The molecule has 6 nitrogen and oxygen atoms in total. The number of nitro groups is 1. The number of ether oxygens (including phenoxy) is 2. The van der Waals surface area contributed by atoms with E-state index in [9.17, 15) is 14.9 Å². The van der Waals surface area contributed by atoms with Crippen LogP contribution in [0.3, 0.4) is 0 Å². The third-order valence-corrected chi connectivity index (χ3v) is 2.79. The van der Waals surface area contributed by atoms with E-state index in [1.807, 2.05) is 13.0 Å². The monoisotopic (exact) mass is 287 g/mol. The van der Waals surface area contributed by atoms with Crippen molar-refractivity contribution in [2.24, 2.45) is 0 Å². The Balaban J connectivity index is 2.39. The standard InChI is InChI=1S/C15H13NO5/c1-10-4-3-5-12(8-10)21-14-7-6-11(15(17)20-2)9-13(14)16(18)19/h3-9H,1-2H3. The predicted molar refractivity (Wildman–Crippen MR) is 75.7 cm³/mol. The summed E-state index contributed by atoms with van der Waals surface area (Å²) in [4.78, 5) is 21.9. The van der Waals surface area contributed by atoms with Gasteiger partial charge in [0.2, 0.25) is 5.75 Å². The van der Waals surface area contributed by atoms with E-state index in [-0.39, 0.29) is 17.0 Å². The molecule has 0 aliphatic rings. The molecule has 2 aromatic carbocycles. The zero-order valence-corrected chi connectivity index (χ0v) is 11.5. The minimum atomic E-state index is -0.639. The number of benzene rings is 2. The lowest BCUT2D eigenvalue weighted by Gasteiger charge is -2.08. The van der Waals surface area contributed by atoms with Gasteiger partial charge < -0.3 is 9.47 Å². The predicted octanol–water partition coefficient (Wildman–Crippen LogP) is 3.48. The SMILES string of the molecule is COC(=O)c1ccc(Oc2cccc(C)c2)c([N+](=O)[O-])c1. The molecule has 6 heteroatoms. The first kappa shape index (κ1) is 14.5. The lowest BCUT2D eigenvalue weighted by molar-refractivity contribution is -0.385. The van der Waals surface area contributed by atoms with Crippen LogP contribution < -0.4 is 4.74 Å². The van der Waals surface area contributed by atoms with Gasteiger partial charge in [-0.3, -0.25) is 10.1 Å². The number of methoxy groups -OCH3 is 1. The van der Waals surface area contributed by atoms with Crippen LogP contribution in [-0.4, -0.2) is 18.0 Å². The number of hydrogen-bond acceptors (Lipinski definition) is 5. The van der Waals surface area contributed by atoms with Gasteiger partial charge in [0.05, 0.1) is 17.6 Å². The van der Waals surface area contributed by atoms with Gasteiger partial charge in [-0.05, 0) is 36.8 Å². The number of aryl methyl sites for hydroxylation is 1. The number of hydrogen-bond donors (Lipinski definition) is 0. The van der Waals surface area contributed by atoms with Crippen molar-refractivity contribution >= 4 is 11.7 Å². The molecule has 0 bridgehead atoms. The van der Waals surface area contributed by atoms with Gasteiger partial charge in [-0.25, -0.2) is 4.79 Å². The Morgan fingerprint density at radius 2 is 1.95 bits per heavy atom. The molecule has 0 N–H and O–H groups in total. The molecule has 108 valence electrons. The maximum absolute atomic E-state index is 11.4. The smallest absolute Gasteiger partial charge is 0.338 e. The Hall–Kier alpha value is -2.89. The van der Waals surface area contributed by atoms with Gasteiger partial charge >= 0.3 is 11.7 Å². The molecule has 0 spiro atoms. The van der Waals surface area contributed by atoms with Gasteiger partial charge in [-0.1, -0.05) is 12.1 Å². The Kier molecular flexibility index (Phi) is 4.18. The maximum Gasteiger partial charge on any atom is 0.338 e. The lowest BCUT2D eigenvalue weighted by Crippen LogP contribution is -2.03. The molecule has 0 saturated carbocycles. The zero-order valence-electron chi connectivity index (χ0n) is 11.5. The second kappa shape index (κ2) is 6.04. The molecule has 0 aromatic heterocycles. The molecule has 0 aliphatic heterocycles. The normalized spacial score (nSPS) is 10.0. The average Bonchev–Trinajstić information content (AvgIpc) is 2.46. The van der Waals surface area contributed by atoms with Crippen molar-refractivity contribution in [1.29, 1.82) is 0 Å². The van der Waals surface area contributed by atoms with Gasteiger partial charge in [0.15, 0.2) is 0 Å². The number of esters is 1. The van der Waals surface area contributed by atoms with Gasteiger partial charge in [-0.2, -0.15) is 0 Å².